The number of phosphoric acid groups is 2. The minimum absolute atomic E-state index is 0.0763. The summed E-state index contributed by atoms with van der Waals surface area (Å²) in [4.78, 5) is 72.9. The smallest absolute Gasteiger partial charge is 0.462 e. The van der Waals surface area contributed by atoms with Crippen molar-refractivity contribution in [3.05, 3.63) is 72.9 Å². The molecule has 5 atom stereocenters. The average molecular weight is 1430 g/mol. The van der Waals surface area contributed by atoms with Crippen LogP contribution in [0.25, 0.3) is 0 Å². The van der Waals surface area contributed by atoms with Gasteiger partial charge < -0.3 is 33.8 Å². The molecule has 0 aliphatic rings. The minimum Gasteiger partial charge on any atom is -0.462 e. The third-order valence-electron chi connectivity index (χ3n) is 16.6. The van der Waals surface area contributed by atoms with Crippen LogP contribution in [0.5, 0.6) is 0 Å². The van der Waals surface area contributed by atoms with Gasteiger partial charge in [-0.2, -0.15) is 0 Å². The molecule has 0 heterocycles. The number of aliphatic hydroxyl groups is 1. The van der Waals surface area contributed by atoms with Gasteiger partial charge in [-0.25, -0.2) is 9.13 Å². The second-order valence-electron chi connectivity index (χ2n) is 26.3. The summed E-state index contributed by atoms with van der Waals surface area (Å²) in [5.74, 6) is -2.20. The fraction of sp³-hybridized carbons (Fsp3) is 0.797. The molecule has 0 aromatic rings. The van der Waals surface area contributed by atoms with E-state index in [1.54, 1.807) is 0 Å². The van der Waals surface area contributed by atoms with E-state index in [-0.39, 0.29) is 25.7 Å². The van der Waals surface area contributed by atoms with Crippen LogP contribution in [0.2, 0.25) is 0 Å². The average Bonchev–Trinajstić information content (AvgIpc) is 1.04. The monoisotopic (exact) mass is 1420 g/mol. The van der Waals surface area contributed by atoms with E-state index in [1.165, 1.54) is 109 Å². The van der Waals surface area contributed by atoms with Gasteiger partial charge in [0.15, 0.2) is 12.2 Å². The van der Waals surface area contributed by atoms with E-state index in [9.17, 15) is 43.2 Å². The van der Waals surface area contributed by atoms with Crippen molar-refractivity contribution in [2.24, 2.45) is 0 Å². The summed E-state index contributed by atoms with van der Waals surface area (Å²) in [7, 11) is -9.95. The van der Waals surface area contributed by atoms with Crippen molar-refractivity contribution in [3.8, 4) is 0 Å². The van der Waals surface area contributed by atoms with Crippen LogP contribution < -0.4 is 0 Å². The number of rotatable bonds is 74. The van der Waals surface area contributed by atoms with E-state index >= 15 is 0 Å². The van der Waals surface area contributed by atoms with Crippen molar-refractivity contribution in [1.29, 1.82) is 0 Å². The lowest BCUT2D eigenvalue weighted by Gasteiger charge is -2.21. The van der Waals surface area contributed by atoms with Crippen molar-refractivity contribution in [2.75, 3.05) is 39.6 Å². The maximum atomic E-state index is 13.1. The number of hydrogen-bond donors (Lipinski definition) is 3. The van der Waals surface area contributed by atoms with Crippen LogP contribution >= 0.6 is 15.6 Å². The zero-order valence-electron chi connectivity index (χ0n) is 62.2. The van der Waals surface area contributed by atoms with Gasteiger partial charge in [0, 0.05) is 25.7 Å². The number of aliphatic hydroxyl groups excluding tert-OH is 1. The Hall–Kier alpha value is -3.50. The summed E-state index contributed by atoms with van der Waals surface area (Å²) in [6.45, 7) is 4.80. The van der Waals surface area contributed by atoms with Crippen molar-refractivity contribution < 1.29 is 80.2 Å². The number of carbonyl (C=O) groups is 4. The fourth-order valence-electron chi connectivity index (χ4n) is 10.6. The molecule has 19 heteroatoms. The molecule has 0 aliphatic carbocycles. The molecule has 0 bridgehead atoms. The molecule has 17 nitrogen and oxygen atoms in total. The van der Waals surface area contributed by atoms with Crippen molar-refractivity contribution >= 4 is 39.5 Å². The zero-order chi connectivity index (χ0) is 71.8. The van der Waals surface area contributed by atoms with Crippen molar-refractivity contribution in [3.63, 3.8) is 0 Å². The van der Waals surface area contributed by atoms with Gasteiger partial charge in [-0.3, -0.25) is 37.3 Å². The maximum Gasteiger partial charge on any atom is 0.472 e. The third kappa shape index (κ3) is 70.9. The number of unbranched alkanes of at least 4 members (excludes halogenated alkanes) is 37. The molecule has 2 unspecified atom stereocenters. The Bertz CT molecular complexity index is 2140. The fourth-order valence-corrected chi connectivity index (χ4v) is 12.2. The first-order valence-corrected chi connectivity index (χ1v) is 42.2. The summed E-state index contributed by atoms with van der Waals surface area (Å²) < 4.78 is 68.5. The standard InChI is InChI=1S/C79H142O17P2/c1-5-9-13-17-21-25-29-33-36-40-44-48-52-56-60-64-77(82)90-70-75(96-79(84)66-62-58-54-50-46-42-38-35-31-27-23-19-15-11-7-3)72-94-98(87,88)92-68-73(80)67-91-97(85,86)93-71-74(69-89-76(81)63-59-55-51-47-43-39-32-28-24-20-16-12-8-4)95-78(83)65-61-57-53-49-45-41-37-34-30-26-22-18-14-10-6-2/h21,25,27-28,31-38,73-75,80H,5-20,22-24,26,29-30,39-72H2,1-4H3,(H,85,86)(H,87,88)/b25-21-,31-27-,32-28-,36-33-,37-34-,38-35-/t73-,74-,75-/m1/s1. The molecule has 0 aromatic carbocycles. The molecule has 98 heavy (non-hydrogen) atoms. The topological polar surface area (TPSA) is 237 Å². The van der Waals surface area contributed by atoms with E-state index in [2.05, 4.69) is 101 Å². The Morgan fingerprint density at radius 3 is 0.857 bits per heavy atom. The molecule has 0 radical (unpaired) electrons. The van der Waals surface area contributed by atoms with Crippen LogP contribution in [0.3, 0.4) is 0 Å². The molecular formula is C79H142O17P2. The quantitative estimate of drug-likeness (QED) is 0.0128. The zero-order valence-corrected chi connectivity index (χ0v) is 64.0. The number of hydrogen-bond acceptors (Lipinski definition) is 15. The number of esters is 4. The third-order valence-corrected chi connectivity index (χ3v) is 18.5. The second kappa shape index (κ2) is 71.9. The number of ether oxygens (including phenoxy) is 4. The highest BCUT2D eigenvalue weighted by Gasteiger charge is 2.30. The van der Waals surface area contributed by atoms with E-state index < -0.39 is 97.5 Å². The Kier molecular flexibility index (Phi) is 69.3. The highest BCUT2D eigenvalue weighted by Crippen LogP contribution is 2.45. The summed E-state index contributed by atoms with van der Waals surface area (Å²) >= 11 is 0. The largest absolute Gasteiger partial charge is 0.472 e. The van der Waals surface area contributed by atoms with Crippen LogP contribution in [0.1, 0.15) is 349 Å². The lowest BCUT2D eigenvalue weighted by atomic mass is 10.1. The molecular weight excluding hydrogens is 1280 g/mol. The number of carbonyl (C=O) groups excluding carboxylic acids is 4. The molecule has 0 aromatic heterocycles. The Morgan fingerprint density at radius 1 is 0.296 bits per heavy atom. The first-order chi connectivity index (χ1) is 47.7. The Balaban J connectivity index is 5.37. The van der Waals surface area contributed by atoms with Crippen LogP contribution in [0.15, 0.2) is 72.9 Å². The van der Waals surface area contributed by atoms with E-state index in [4.69, 9.17) is 37.0 Å². The van der Waals surface area contributed by atoms with Crippen LogP contribution in [-0.2, 0) is 65.4 Å². The summed E-state index contributed by atoms with van der Waals surface area (Å²) in [5.41, 5.74) is 0. The second-order valence-corrected chi connectivity index (χ2v) is 29.2. The van der Waals surface area contributed by atoms with Gasteiger partial charge in [-0.1, -0.05) is 261 Å². The van der Waals surface area contributed by atoms with E-state index in [1.807, 2.05) is 0 Å². The van der Waals surface area contributed by atoms with Crippen LogP contribution in [0.4, 0.5) is 0 Å². The molecule has 0 fully saturated rings. The lowest BCUT2D eigenvalue weighted by molar-refractivity contribution is -0.161. The predicted molar refractivity (Wildman–Crippen MR) is 400 cm³/mol. The van der Waals surface area contributed by atoms with Gasteiger partial charge in [0.2, 0.25) is 0 Å². The Labute approximate surface area is 596 Å². The highest BCUT2D eigenvalue weighted by molar-refractivity contribution is 7.47. The summed E-state index contributed by atoms with van der Waals surface area (Å²) in [5, 5.41) is 10.6. The molecule has 0 saturated carbocycles. The molecule has 570 valence electrons. The predicted octanol–water partition coefficient (Wildman–Crippen LogP) is 22.4. The van der Waals surface area contributed by atoms with Gasteiger partial charge in [0.25, 0.3) is 0 Å². The van der Waals surface area contributed by atoms with Crippen molar-refractivity contribution in [1.82, 2.24) is 0 Å². The number of allylic oxidation sites excluding steroid dienone is 12. The van der Waals surface area contributed by atoms with Gasteiger partial charge in [0.1, 0.15) is 19.3 Å². The van der Waals surface area contributed by atoms with Gasteiger partial charge >= 0.3 is 39.5 Å². The van der Waals surface area contributed by atoms with Gasteiger partial charge in [-0.15, -0.1) is 0 Å². The number of phosphoric ester groups is 2. The molecule has 0 amide bonds. The summed E-state index contributed by atoms with van der Waals surface area (Å²) in [6, 6.07) is 0. The van der Waals surface area contributed by atoms with E-state index in [0.29, 0.717) is 25.7 Å². The Morgan fingerprint density at radius 2 is 0.531 bits per heavy atom. The normalized spacial score (nSPS) is 14.3. The first kappa shape index (κ1) is 94.5. The maximum absolute atomic E-state index is 13.1. The van der Waals surface area contributed by atoms with Gasteiger partial charge in [0.05, 0.1) is 26.4 Å². The van der Waals surface area contributed by atoms with Crippen LogP contribution in [-0.4, -0.2) is 96.7 Å². The molecule has 0 spiro atoms. The van der Waals surface area contributed by atoms with Crippen molar-refractivity contribution in [2.45, 2.75) is 367 Å². The first-order valence-electron chi connectivity index (χ1n) is 39.2. The molecule has 0 saturated heterocycles. The van der Waals surface area contributed by atoms with E-state index in [0.717, 1.165) is 161 Å². The molecule has 0 aliphatic heterocycles. The minimum atomic E-state index is -4.98. The van der Waals surface area contributed by atoms with Gasteiger partial charge in [-0.05, 0) is 135 Å². The lowest BCUT2D eigenvalue weighted by Crippen LogP contribution is -2.30. The van der Waals surface area contributed by atoms with Crippen LogP contribution in [0, 0.1) is 0 Å². The summed E-state index contributed by atoms with van der Waals surface area (Å²) in [6.07, 6.45) is 71.6. The SMILES string of the molecule is CCCCC/C=C\C/C=C\CCCCCCCC(=O)OC[C@H](COP(=O)(O)OC[C@H](O)COP(=O)(O)OC[C@@H](COC(=O)CCCCCCC/C=C\CCCCCC)OC(=O)CCCCCCC/C=C\CCCCCCCC)OC(=O)CCCCCCC/C=C\C=C/CCCCCC. The molecule has 0 rings (SSSR count). The highest BCUT2D eigenvalue weighted by atomic mass is 31.2. The molecule has 3 N–H and O–H groups in total.